The molecule has 0 radical (unpaired) electrons. The molecule has 0 atom stereocenters. The van der Waals surface area contributed by atoms with E-state index in [0.29, 0.717) is 13.4 Å². The number of hydrogen-bond acceptors (Lipinski definition) is 3. The van der Waals surface area contributed by atoms with Crippen LogP contribution in [0.5, 0.6) is 0 Å². The molecule has 1 aromatic heterocycles. The summed E-state index contributed by atoms with van der Waals surface area (Å²) in [7, 11) is 1.61. The number of rotatable bonds is 6. The van der Waals surface area contributed by atoms with Gasteiger partial charge in [0.25, 0.3) is 0 Å². The smallest absolute Gasteiger partial charge is 0.146 e. The fourth-order valence-corrected chi connectivity index (χ4v) is 1.19. The van der Waals surface area contributed by atoms with Gasteiger partial charge in [0.1, 0.15) is 6.79 Å². The van der Waals surface area contributed by atoms with Gasteiger partial charge in [-0.25, -0.2) is 0 Å². The third-order valence-corrected chi connectivity index (χ3v) is 2.07. The van der Waals surface area contributed by atoms with Gasteiger partial charge < -0.3 is 9.47 Å². The summed E-state index contributed by atoms with van der Waals surface area (Å²) < 4.78 is 9.89. The molecule has 0 bridgehead atoms. The average molecular weight is 207 g/mol. The van der Waals surface area contributed by atoms with Crippen molar-refractivity contribution in [3.8, 4) is 0 Å². The lowest BCUT2D eigenvalue weighted by atomic mass is 10.1. The Morgan fingerprint density at radius 2 is 2.27 bits per heavy atom. The molecule has 0 saturated heterocycles. The van der Waals surface area contributed by atoms with E-state index in [1.165, 1.54) is 11.1 Å². The summed E-state index contributed by atoms with van der Waals surface area (Å²) >= 11 is 0. The minimum absolute atomic E-state index is 0.344. The van der Waals surface area contributed by atoms with Gasteiger partial charge in [-0.05, 0) is 30.5 Å². The van der Waals surface area contributed by atoms with Crippen LogP contribution in [0.4, 0.5) is 0 Å². The van der Waals surface area contributed by atoms with E-state index in [4.69, 9.17) is 9.47 Å². The molecule has 0 aliphatic carbocycles. The summed E-state index contributed by atoms with van der Waals surface area (Å²) in [6.45, 7) is 3.02. The van der Waals surface area contributed by atoms with E-state index < -0.39 is 0 Å². The maximum atomic E-state index is 5.13. The summed E-state index contributed by atoms with van der Waals surface area (Å²) in [5, 5.41) is 0. The Hall–Kier alpha value is -1.19. The molecule has 0 spiro atoms. The number of allylic oxidation sites excluding steroid dienone is 1. The van der Waals surface area contributed by atoms with Crippen molar-refractivity contribution in [2.24, 2.45) is 0 Å². The van der Waals surface area contributed by atoms with Crippen LogP contribution in [0.25, 0.3) is 0 Å². The maximum Gasteiger partial charge on any atom is 0.146 e. The van der Waals surface area contributed by atoms with Crippen molar-refractivity contribution in [2.75, 3.05) is 20.5 Å². The number of hydrogen-bond donors (Lipinski definition) is 0. The quantitative estimate of drug-likeness (QED) is 0.407. The minimum Gasteiger partial charge on any atom is -0.359 e. The zero-order chi connectivity index (χ0) is 10.9. The molecule has 82 valence electrons. The fraction of sp³-hybridized carbons (Fsp3) is 0.417. The van der Waals surface area contributed by atoms with Crippen LogP contribution in [0.15, 0.2) is 30.6 Å². The van der Waals surface area contributed by atoms with Gasteiger partial charge in [0.05, 0.1) is 6.61 Å². The highest BCUT2D eigenvalue weighted by atomic mass is 16.7. The first-order chi connectivity index (χ1) is 7.34. The summed E-state index contributed by atoms with van der Waals surface area (Å²) in [5.74, 6) is 0. The van der Waals surface area contributed by atoms with Crippen LogP contribution in [0.1, 0.15) is 11.1 Å². The van der Waals surface area contributed by atoms with Gasteiger partial charge in [-0.15, -0.1) is 0 Å². The van der Waals surface area contributed by atoms with Crippen LogP contribution in [0.3, 0.4) is 0 Å². The van der Waals surface area contributed by atoms with Crippen molar-refractivity contribution in [1.29, 1.82) is 0 Å². The van der Waals surface area contributed by atoms with E-state index in [1.807, 2.05) is 24.5 Å². The van der Waals surface area contributed by atoms with E-state index >= 15 is 0 Å². The molecule has 0 aliphatic rings. The number of nitrogens with zero attached hydrogens (tertiary/aromatic N) is 1. The Morgan fingerprint density at radius 3 is 3.00 bits per heavy atom. The Balaban J connectivity index is 2.28. The molecule has 3 heteroatoms. The molecule has 0 amide bonds. The van der Waals surface area contributed by atoms with E-state index in [2.05, 4.69) is 18.0 Å². The highest BCUT2D eigenvalue weighted by molar-refractivity contribution is 5.23. The van der Waals surface area contributed by atoms with Gasteiger partial charge in [0.2, 0.25) is 0 Å². The van der Waals surface area contributed by atoms with Crippen LogP contribution in [0, 0.1) is 6.92 Å². The molecule has 1 rings (SSSR count). The van der Waals surface area contributed by atoms with Crippen LogP contribution in [0.2, 0.25) is 0 Å². The summed E-state index contributed by atoms with van der Waals surface area (Å²) in [4.78, 5) is 4.09. The molecule has 0 unspecified atom stereocenters. The lowest BCUT2D eigenvalue weighted by Gasteiger charge is -2.00. The standard InChI is InChI=1S/C12H17NO2/c1-11-6-7-13-9-12(11)5-3-4-8-15-10-14-2/h3-4,6-7,9H,5,8,10H2,1-2H3/b4-3-. The third-order valence-electron chi connectivity index (χ3n) is 2.07. The van der Waals surface area contributed by atoms with Crippen molar-refractivity contribution in [3.63, 3.8) is 0 Å². The molecular weight excluding hydrogens is 190 g/mol. The van der Waals surface area contributed by atoms with Crippen molar-refractivity contribution in [2.45, 2.75) is 13.3 Å². The number of aryl methyl sites for hydroxylation is 1. The first-order valence-electron chi connectivity index (χ1n) is 4.95. The highest BCUT2D eigenvalue weighted by Crippen LogP contribution is 2.05. The third kappa shape index (κ3) is 4.72. The highest BCUT2D eigenvalue weighted by Gasteiger charge is 1.93. The normalized spacial score (nSPS) is 11.1. The summed E-state index contributed by atoms with van der Waals surface area (Å²) in [6, 6.07) is 2.02. The Labute approximate surface area is 90.7 Å². The van der Waals surface area contributed by atoms with Crippen LogP contribution in [-0.4, -0.2) is 25.5 Å². The predicted octanol–water partition coefficient (Wildman–Crippen LogP) is 2.11. The Bertz CT molecular complexity index is 310. The SMILES string of the molecule is COCOC/C=C\Cc1cnccc1C. The van der Waals surface area contributed by atoms with Crippen molar-refractivity contribution in [3.05, 3.63) is 41.7 Å². The van der Waals surface area contributed by atoms with Gasteiger partial charge in [0, 0.05) is 19.5 Å². The molecule has 3 nitrogen and oxygen atoms in total. The number of aromatic nitrogens is 1. The second kappa shape index (κ2) is 7.15. The van der Waals surface area contributed by atoms with Gasteiger partial charge in [0.15, 0.2) is 0 Å². The predicted molar refractivity (Wildman–Crippen MR) is 59.6 cm³/mol. The second-order valence-corrected chi connectivity index (χ2v) is 3.26. The second-order valence-electron chi connectivity index (χ2n) is 3.26. The lowest BCUT2D eigenvalue weighted by Crippen LogP contribution is -1.95. The molecule has 1 aromatic rings. The van der Waals surface area contributed by atoms with E-state index in [0.717, 1.165) is 6.42 Å². The Kier molecular flexibility index (Phi) is 5.66. The van der Waals surface area contributed by atoms with Gasteiger partial charge >= 0.3 is 0 Å². The zero-order valence-electron chi connectivity index (χ0n) is 9.27. The molecule has 1 heterocycles. The first-order valence-corrected chi connectivity index (χ1v) is 4.95. The van der Waals surface area contributed by atoms with Crippen LogP contribution < -0.4 is 0 Å². The van der Waals surface area contributed by atoms with E-state index in [1.54, 1.807) is 7.11 Å². The minimum atomic E-state index is 0.344. The number of ether oxygens (including phenoxy) is 2. The number of methoxy groups -OCH3 is 1. The molecule has 0 N–H and O–H groups in total. The molecular formula is C12H17NO2. The molecule has 0 fully saturated rings. The van der Waals surface area contributed by atoms with Crippen LogP contribution >= 0.6 is 0 Å². The number of pyridine rings is 1. The lowest BCUT2D eigenvalue weighted by molar-refractivity contribution is -0.0186. The monoisotopic (exact) mass is 207 g/mol. The molecule has 0 saturated carbocycles. The van der Waals surface area contributed by atoms with E-state index in [9.17, 15) is 0 Å². The fourth-order valence-electron chi connectivity index (χ4n) is 1.19. The van der Waals surface area contributed by atoms with Crippen molar-refractivity contribution >= 4 is 0 Å². The topological polar surface area (TPSA) is 31.4 Å². The van der Waals surface area contributed by atoms with Gasteiger partial charge in [-0.2, -0.15) is 0 Å². The maximum absolute atomic E-state index is 5.13. The van der Waals surface area contributed by atoms with Crippen LogP contribution in [-0.2, 0) is 15.9 Å². The molecule has 0 aliphatic heterocycles. The first kappa shape index (κ1) is 11.9. The zero-order valence-corrected chi connectivity index (χ0v) is 9.27. The summed E-state index contributed by atoms with van der Waals surface area (Å²) in [6.07, 6.45) is 8.68. The molecule has 15 heavy (non-hydrogen) atoms. The van der Waals surface area contributed by atoms with Gasteiger partial charge in [-0.1, -0.05) is 12.2 Å². The van der Waals surface area contributed by atoms with Crippen molar-refractivity contribution < 1.29 is 9.47 Å². The molecule has 0 aromatic carbocycles. The van der Waals surface area contributed by atoms with Crippen molar-refractivity contribution in [1.82, 2.24) is 4.98 Å². The average Bonchev–Trinajstić information content (AvgIpc) is 2.25. The van der Waals surface area contributed by atoms with Gasteiger partial charge in [-0.3, -0.25) is 4.98 Å². The largest absolute Gasteiger partial charge is 0.359 e. The Morgan fingerprint density at radius 1 is 1.40 bits per heavy atom. The van der Waals surface area contributed by atoms with E-state index in [-0.39, 0.29) is 0 Å². The summed E-state index contributed by atoms with van der Waals surface area (Å²) in [5.41, 5.74) is 2.52.